The Bertz CT molecular complexity index is 345. The molecule has 0 spiro atoms. The molecule has 15 heavy (non-hydrogen) atoms. The van der Waals surface area contributed by atoms with Gasteiger partial charge < -0.3 is 0 Å². The summed E-state index contributed by atoms with van der Waals surface area (Å²) >= 11 is 0. The molecular weight excluding hydrogens is 212 g/mol. The third-order valence-corrected chi connectivity index (χ3v) is 4.78. The molecule has 5 heteroatoms. The summed E-state index contributed by atoms with van der Waals surface area (Å²) in [5, 5.41) is 8.69. The van der Waals surface area contributed by atoms with Crippen LogP contribution in [0.25, 0.3) is 0 Å². The van der Waals surface area contributed by atoms with Gasteiger partial charge in [-0.05, 0) is 13.3 Å². The quantitative estimate of drug-likeness (QED) is 0.719. The van der Waals surface area contributed by atoms with E-state index in [9.17, 15) is 8.42 Å². The van der Waals surface area contributed by atoms with E-state index < -0.39 is 9.84 Å². The summed E-state index contributed by atoms with van der Waals surface area (Å²) in [6.45, 7) is 4.54. The van der Waals surface area contributed by atoms with E-state index in [1.807, 2.05) is 13.8 Å². The largest absolute Gasteiger partial charge is 0.295 e. The topological polar surface area (TPSA) is 61.2 Å². The Morgan fingerprint density at radius 2 is 2.27 bits per heavy atom. The van der Waals surface area contributed by atoms with Crippen molar-refractivity contribution in [2.75, 3.05) is 18.1 Å². The SMILES string of the molecule is CCC(CC#N)N1CCS(=O)(=O)CC1C. The number of hydrogen-bond acceptors (Lipinski definition) is 4. The molecule has 0 aromatic carbocycles. The fourth-order valence-electron chi connectivity index (χ4n) is 2.16. The summed E-state index contributed by atoms with van der Waals surface area (Å²) in [5.41, 5.74) is 0. The van der Waals surface area contributed by atoms with E-state index in [-0.39, 0.29) is 23.6 Å². The van der Waals surface area contributed by atoms with Gasteiger partial charge in [0.25, 0.3) is 0 Å². The summed E-state index contributed by atoms with van der Waals surface area (Å²) < 4.78 is 22.8. The zero-order chi connectivity index (χ0) is 11.5. The average molecular weight is 230 g/mol. The van der Waals surface area contributed by atoms with E-state index in [0.29, 0.717) is 13.0 Å². The van der Waals surface area contributed by atoms with Crippen LogP contribution in [0.4, 0.5) is 0 Å². The molecule has 1 aliphatic rings. The number of nitriles is 1. The number of sulfone groups is 1. The summed E-state index contributed by atoms with van der Waals surface area (Å²) in [4.78, 5) is 2.16. The van der Waals surface area contributed by atoms with Crippen molar-refractivity contribution in [3.63, 3.8) is 0 Å². The highest BCUT2D eigenvalue weighted by Gasteiger charge is 2.31. The molecule has 1 rings (SSSR count). The van der Waals surface area contributed by atoms with Crippen LogP contribution in [0.5, 0.6) is 0 Å². The lowest BCUT2D eigenvalue weighted by Gasteiger charge is -2.38. The van der Waals surface area contributed by atoms with Crippen LogP contribution in [0, 0.1) is 11.3 Å². The molecule has 0 amide bonds. The van der Waals surface area contributed by atoms with Gasteiger partial charge in [0, 0.05) is 18.6 Å². The van der Waals surface area contributed by atoms with Crippen LogP contribution in [-0.2, 0) is 9.84 Å². The summed E-state index contributed by atoms with van der Waals surface area (Å²) in [5.74, 6) is 0.466. The monoisotopic (exact) mass is 230 g/mol. The summed E-state index contributed by atoms with van der Waals surface area (Å²) in [6, 6.07) is 2.42. The number of hydrogen-bond donors (Lipinski definition) is 0. The predicted octanol–water partition coefficient (Wildman–Crippen LogP) is 0.798. The van der Waals surface area contributed by atoms with E-state index in [1.165, 1.54) is 0 Å². The van der Waals surface area contributed by atoms with Gasteiger partial charge in [0.15, 0.2) is 9.84 Å². The van der Waals surface area contributed by atoms with Gasteiger partial charge >= 0.3 is 0 Å². The van der Waals surface area contributed by atoms with Crippen LogP contribution in [0.15, 0.2) is 0 Å². The third kappa shape index (κ3) is 3.18. The van der Waals surface area contributed by atoms with Crippen molar-refractivity contribution in [2.45, 2.75) is 38.8 Å². The molecule has 0 aromatic heterocycles. The average Bonchev–Trinajstić information content (AvgIpc) is 2.14. The van der Waals surface area contributed by atoms with Gasteiger partial charge in [-0.25, -0.2) is 8.42 Å². The molecule has 2 unspecified atom stereocenters. The second kappa shape index (κ2) is 4.95. The zero-order valence-electron chi connectivity index (χ0n) is 9.31. The molecule has 0 radical (unpaired) electrons. The van der Waals surface area contributed by atoms with Gasteiger partial charge in [-0.15, -0.1) is 0 Å². The van der Waals surface area contributed by atoms with Crippen LogP contribution in [0.3, 0.4) is 0 Å². The van der Waals surface area contributed by atoms with Crippen LogP contribution in [0.2, 0.25) is 0 Å². The Kier molecular flexibility index (Phi) is 4.12. The lowest BCUT2D eigenvalue weighted by molar-refractivity contribution is 0.155. The molecule has 0 saturated carbocycles. The maximum Gasteiger partial charge on any atom is 0.153 e. The molecule has 1 saturated heterocycles. The highest BCUT2D eigenvalue weighted by molar-refractivity contribution is 7.91. The second-order valence-electron chi connectivity index (χ2n) is 4.13. The summed E-state index contributed by atoms with van der Waals surface area (Å²) in [6.07, 6.45) is 1.39. The molecule has 4 nitrogen and oxygen atoms in total. The molecule has 1 fully saturated rings. The molecule has 2 atom stereocenters. The molecule has 86 valence electrons. The van der Waals surface area contributed by atoms with E-state index in [2.05, 4.69) is 11.0 Å². The zero-order valence-corrected chi connectivity index (χ0v) is 10.1. The van der Waals surface area contributed by atoms with E-state index in [4.69, 9.17) is 5.26 Å². The normalized spacial score (nSPS) is 28.2. The molecule has 0 N–H and O–H groups in total. The minimum Gasteiger partial charge on any atom is -0.295 e. The lowest BCUT2D eigenvalue weighted by atomic mass is 10.1. The Labute approximate surface area is 91.8 Å². The first-order valence-electron chi connectivity index (χ1n) is 5.33. The Morgan fingerprint density at radius 1 is 1.60 bits per heavy atom. The summed E-state index contributed by atoms with van der Waals surface area (Å²) in [7, 11) is -2.85. The van der Waals surface area contributed by atoms with Crippen molar-refractivity contribution >= 4 is 9.84 Å². The Hall–Kier alpha value is -0.600. The van der Waals surface area contributed by atoms with Crippen molar-refractivity contribution in [1.29, 1.82) is 5.26 Å². The lowest BCUT2D eigenvalue weighted by Crippen LogP contribution is -2.51. The first-order chi connectivity index (χ1) is 7.00. The van der Waals surface area contributed by atoms with Crippen molar-refractivity contribution in [3.05, 3.63) is 0 Å². The van der Waals surface area contributed by atoms with Crippen molar-refractivity contribution in [2.24, 2.45) is 0 Å². The molecular formula is C10H18N2O2S. The highest BCUT2D eigenvalue weighted by Crippen LogP contribution is 2.18. The van der Waals surface area contributed by atoms with Crippen LogP contribution < -0.4 is 0 Å². The third-order valence-electron chi connectivity index (χ3n) is 2.99. The number of nitrogens with zero attached hydrogens (tertiary/aromatic N) is 2. The first kappa shape index (κ1) is 12.5. The smallest absolute Gasteiger partial charge is 0.153 e. The number of rotatable bonds is 3. The molecule has 0 aliphatic carbocycles. The standard InChI is InChI=1S/C10H18N2O2S/c1-3-10(4-5-11)12-6-7-15(13,14)8-9(12)2/h9-10H,3-4,6-8H2,1-2H3. The van der Waals surface area contributed by atoms with Crippen LogP contribution in [0.1, 0.15) is 26.7 Å². The minimum atomic E-state index is -2.85. The van der Waals surface area contributed by atoms with Gasteiger partial charge in [-0.1, -0.05) is 6.92 Å². The fourth-order valence-corrected chi connectivity index (χ4v) is 3.74. The maximum atomic E-state index is 11.4. The molecule has 0 bridgehead atoms. The van der Waals surface area contributed by atoms with Crippen molar-refractivity contribution in [3.8, 4) is 6.07 Å². The Morgan fingerprint density at radius 3 is 2.73 bits per heavy atom. The van der Waals surface area contributed by atoms with Gasteiger partial charge in [-0.2, -0.15) is 5.26 Å². The van der Waals surface area contributed by atoms with Crippen LogP contribution >= 0.6 is 0 Å². The predicted molar refractivity (Wildman–Crippen MR) is 59.1 cm³/mol. The van der Waals surface area contributed by atoms with Gasteiger partial charge in [0.2, 0.25) is 0 Å². The first-order valence-corrected chi connectivity index (χ1v) is 7.15. The van der Waals surface area contributed by atoms with E-state index >= 15 is 0 Å². The van der Waals surface area contributed by atoms with Crippen molar-refractivity contribution < 1.29 is 8.42 Å². The molecule has 1 heterocycles. The van der Waals surface area contributed by atoms with E-state index in [1.54, 1.807) is 0 Å². The van der Waals surface area contributed by atoms with Gasteiger partial charge in [-0.3, -0.25) is 4.90 Å². The Balaban J connectivity index is 2.68. The van der Waals surface area contributed by atoms with Crippen LogP contribution in [-0.4, -0.2) is 43.5 Å². The van der Waals surface area contributed by atoms with Gasteiger partial charge in [0.05, 0.1) is 24.0 Å². The van der Waals surface area contributed by atoms with E-state index in [0.717, 1.165) is 6.42 Å². The second-order valence-corrected chi connectivity index (χ2v) is 6.35. The molecule has 1 aliphatic heterocycles. The highest BCUT2D eigenvalue weighted by atomic mass is 32.2. The maximum absolute atomic E-state index is 11.4. The minimum absolute atomic E-state index is 0.0436. The van der Waals surface area contributed by atoms with Gasteiger partial charge in [0.1, 0.15) is 0 Å². The molecule has 0 aromatic rings. The van der Waals surface area contributed by atoms with Crippen molar-refractivity contribution in [1.82, 2.24) is 4.90 Å². The fraction of sp³-hybridized carbons (Fsp3) is 0.900.